The Morgan fingerprint density at radius 2 is 1.44 bits per heavy atom. The molecular formula is C24H25NO2. The van der Waals surface area contributed by atoms with Gasteiger partial charge in [-0.2, -0.15) is 0 Å². The molecule has 0 atom stereocenters. The molecule has 0 radical (unpaired) electrons. The van der Waals surface area contributed by atoms with E-state index in [1.807, 2.05) is 42.5 Å². The molecule has 0 N–H and O–H groups in total. The molecule has 3 aromatic rings. The van der Waals surface area contributed by atoms with E-state index in [-0.39, 0.29) is 5.78 Å². The Kier molecular flexibility index (Phi) is 7.16. The topological polar surface area (TPSA) is 39.2 Å². The molecule has 0 bridgehead atoms. The van der Waals surface area contributed by atoms with Crippen LogP contribution in [0.15, 0.2) is 79.0 Å². The SMILES string of the molecule is O=C(CCCCCCOc1ccc(-c2ccccc2)cc1)c1ccccn1. The van der Waals surface area contributed by atoms with Crippen molar-refractivity contribution in [2.75, 3.05) is 6.61 Å². The summed E-state index contributed by atoms with van der Waals surface area (Å²) in [5, 5.41) is 0. The van der Waals surface area contributed by atoms with Gasteiger partial charge in [-0.3, -0.25) is 9.78 Å². The van der Waals surface area contributed by atoms with E-state index in [0.717, 1.165) is 31.4 Å². The number of Topliss-reactive ketones (excluding diaryl/α,β-unsaturated/α-hetero) is 1. The third kappa shape index (κ3) is 6.07. The van der Waals surface area contributed by atoms with Crippen molar-refractivity contribution < 1.29 is 9.53 Å². The fourth-order valence-corrected chi connectivity index (χ4v) is 2.96. The van der Waals surface area contributed by atoms with Crippen LogP contribution in [0.3, 0.4) is 0 Å². The Morgan fingerprint density at radius 1 is 0.741 bits per heavy atom. The van der Waals surface area contributed by atoms with Gasteiger partial charge < -0.3 is 4.74 Å². The molecule has 1 heterocycles. The highest BCUT2D eigenvalue weighted by Gasteiger charge is 2.05. The zero-order valence-electron chi connectivity index (χ0n) is 15.5. The van der Waals surface area contributed by atoms with Gasteiger partial charge in [0.2, 0.25) is 0 Å². The number of carbonyl (C=O) groups is 1. The number of nitrogens with zero attached hydrogens (tertiary/aromatic N) is 1. The molecule has 0 fully saturated rings. The van der Waals surface area contributed by atoms with Gasteiger partial charge in [-0.25, -0.2) is 0 Å². The van der Waals surface area contributed by atoms with Gasteiger partial charge in [-0.15, -0.1) is 0 Å². The lowest BCUT2D eigenvalue weighted by molar-refractivity contribution is 0.0974. The van der Waals surface area contributed by atoms with Crippen molar-refractivity contribution >= 4 is 5.78 Å². The molecule has 0 aliphatic carbocycles. The number of pyridine rings is 1. The molecule has 2 aromatic carbocycles. The largest absolute Gasteiger partial charge is 0.494 e. The molecule has 1 aromatic heterocycles. The van der Waals surface area contributed by atoms with Gasteiger partial charge in [0.25, 0.3) is 0 Å². The van der Waals surface area contributed by atoms with E-state index in [0.29, 0.717) is 18.7 Å². The van der Waals surface area contributed by atoms with E-state index in [2.05, 4.69) is 29.2 Å². The highest BCUT2D eigenvalue weighted by molar-refractivity contribution is 5.94. The molecule has 0 aliphatic rings. The number of hydrogen-bond acceptors (Lipinski definition) is 3. The molecule has 0 unspecified atom stereocenters. The van der Waals surface area contributed by atoms with Crippen molar-refractivity contribution in [3.63, 3.8) is 0 Å². The van der Waals surface area contributed by atoms with E-state index in [4.69, 9.17) is 4.74 Å². The number of rotatable bonds is 10. The Hall–Kier alpha value is -2.94. The highest BCUT2D eigenvalue weighted by atomic mass is 16.5. The molecule has 3 nitrogen and oxygen atoms in total. The average molecular weight is 359 g/mol. The maximum atomic E-state index is 12.0. The lowest BCUT2D eigenvalue weighted by Gasteiger charge is -2.07. The van der Waals surface area contributed by atoms with Gasteiger partial charge >= 0.3 is 0 Å². The van der Waals surface area contributed by atoms with Crippen LogP contribution in [0.2, 0.25) is 0 Å². The summed E-state index contributed by atoms with van der Waals surface area (Å²) in [5.74, 6) is 1.03. The molecule has 0 saturated carbocycles. The van der Waals surface area contributed by atoms with Gasteiger partial charge in [0.1, 0.15) is 11.4 Å². The van der Waals surface area contributed by atoms with Crippen LogP contribution in [0.4, 0.5) is 0 Å². The fourth-order valence-electron chi connectivity index (χ4n) is 2.96. The number of hydrogen-bond donors (Lipinski definition) is 0. The minimum atomic E-state index is 0.130. The molecule has 0 amide bonds. The molecule has 0 spiro atoms. The lowest BCUT2D eigenvalue weighted by Crippen LogP contribution is -2.01. The van der Waals surface area contributed by atoms with Crippen LogP contribution >= 0.6 is 0 Å². The molecule has 3 rings (SSSR count). The standard InChI is InChI=1S/C24H25NO2/c26-24(23-12-7-8-18-25-23)13-6-1-2-9-19-27-22-16-14-21(15-17-22)20-10-4-3-5-11-20/h3-5,7-8,10-12,14-18H,1-2,6,9,13,19H2. The predicted molar refractivity (Wildman–Crippen MR) is 109 cm³/mol. The number of carbonyl (C=O) groups excluding carboxylic acids is 1. The highest BCUT2D eigenvalue weighted by Crippen LogP contribution is 2.22. The van der Waals surface area contributed by atoms with Crippen LogP contribution < -0.4 is 4.74 Å². The molecular weight excluding hydrogens is 334 g/mol. The smallest absolute Gasteiger partial charge is 0.181 e. The molecule has 0 saturated heterocycles. The maximum absolute atomic E-state index is 12.0. The van der Waals surface area contributed by atoms with Crippen molar-refractivity contribution in [2.45, 2.75) is 32.1 Å². The van der Waals surface area contributed by atoms with Crippen LogP contribution in [0, 0.1) is 0 Å². The third-order valence-electron chi connectivity index (χ3n) is 4.48. The van der Waals surface area contributed by atoms with E-state index in [9.17, 15) is 4.79 Å². The monoisotopic (exact) mass is 359 g/mol. The number of ketones is 1. The van der Waals surface area contributed by atoms with Gasteiger partial charge in [-0.05, 0) is 48.2 Å². The third-order valence-corrected chi connectivity index (χ3v) is 4.48. The first kappa shape index (κ1) is 18.8. The lowest BCUT2D eigenvalue weighted by atomic mass is 10.1. The average Bonchev–Trinajstić information content (AvgIpc) is 2.74. The van der Waals surface area contributed by atoms with Crippen LogP contribution in [0.1, 0.15) is 42.6 Å². The normalized spacial score (nSPS) is 10.5. The van der Waals surface area contributed by atoms with Crippen molar-refractivity contribution in [3.8, 4) is 16.9 Å². The van der Waals surface area contributed by atoms with Crippen LogP contribution in [0.5, 0.6) is 5.75 Å². The second-order valence-electron chi connectivity index (χ2n) is 6.54. The summed E-state index contributed by atoms with van der Waals surface area (Å²) in [5.41, 5.74) is 2.98. The summed E-state index contributed by atoms with van der Waals surface area (Å²) in [4.78, 5) is 16.1. The zero-order valence-corrected chi connectivity index (χ0v) is 15.5. The van der Waals surface area contributed by atoms with Gasteiger partial charge in [0.15, 0.2) is 5.78 Å². The minimum absolute atomic E-state index is 0.130. The van der Waals surface area contributed by atoms with Crippen molar-refractivity contribution in [1.29, 1.82) is 0 Å². The minimum Gasteiger partial charge on any atom is -0.494 e. The Labute approximate surface area is 161 Å². The van der Waals surface area contributed by atoms with Crippen molar-refractivity contribution in [2.24, 2.45) is 0 Å². The van der Waals surface area contributed by atoms with Crippen molar-refractivity contribution in [3.05, 3.63) is 84.7 Å². The summed E-state index contributed by atoms with van der Waals surface area (Å²) in [6.07, 6.45) is 6.24. The number of ether oxygens (including phenoxy) is 1. The second-order valence-corrected chi connectivity index (χ2v) is 6.54. The Bertz CT molecular complexity index is 814. The van der Waals surface area contributed by atoms with Gasteiger partial charge in [0, 0.05) is 12.6 Å². The second kappa shape index (κ2) is 10.3. The Morgan fingerprint density at radius 3 is 2.19 bits per heavy atom. The van der Waals surface area contributed by atoms with Gasteiger partial charge in [0.05, 0.1) is 6.61 Å². The summed E-state index contributed by atoms with van der Waals surface area (Å²) in [6, 6.07) is 24.0. The summed E-state index contributed by atoms with van der Waals surface area (Å²) < 4.78 is 5.82. The van der Waals surface area contributed by atoms with E-state index >= 15 is 0 Å². The predicted octanol–water partition coefficient (Wildman–Crippen LogP) is 5.96. The van der Waals surface area contributed by atoms with Crippen LogP contribution in [-0.2, 0) is 0 Å². The van der Waals surface area contributed by atoms with E-state index in [1.54, 1.807) is 12.3 Å². The first-order chi connectivity index (χ1) is 13.3. The number of unbranched alkanes of at least 4 members (excludes halogenated alkanes) is 3. The molecule has 0 aliphatic heterocycles. The quantitative estimate of drug-likeness (QED) is 0.331. The molecule has 138 valence electrons. The number of benzene rings is 2. The van der Waals surface area contributed by atoms with Crippen LogP contribution in [-0.4, -0.2) is 17.4 Å². The van der Waals surface area contributed by atoms with E-state index in [1.165, 1.54) is 11.1 Å². The Balaban J connectivity index is 1.30. The fraction of sp³-hybridized carbons (Fsp3) is 0.250. The zero-order chi connectivity index (χ0) is 18.7. The number of aromatic nitrogens is 1. The molecule has 3 heteroatoms. The van der Waals surface area contributed by atoms with E-state index < -0.39 is 0 Å². The first-order valence-corrected chi connectivity index (χ1v) is 9.55. The van der Waals surface area contributed by atoms with Crippen molar-refractivity contribution in [1.82, 2.24) is 4.98 Å². The maximum Gasteiger partial charge on any atom is 0.181 e. The van der Waals surface area contributed by atoms with Gasteiger partial charge in [-0.1, -0.05) is 61.4 Å². The first-order valence-electron chi connectivity index (χ1n) is 9.55. The van der Waals surface area contributed by atoms with Crippen LogP contribution in [0.25, 0.3) is 11.1 Å². The summed E-state index contributed by atoms with van der Waals surface area (Å²) in [6.45, 7) is 0.707. The summed E-state index contributed by atoms with van der Waals surface area (Å²) >= 11 is 0. The molecule has 27 heavy (non-hydrogen) atoms. The summed E-state index contributed by atoms with van der Waals surface area (Å²) in [7, 11) is 0.